The Bertz CT molecular complexity index is 267. The molecule has 0 unspecified atom stereocenters. The molecule has 4 N–H and O–H groups in total. The van der Waals surface area contributed by atoms with Crippen molar-refractivity contribution in [2.45, 2.75) is 25.4 Å². The van der Waals surface area contributed by atoms with E-state index in [1.165, 1.54) is 6.92 Å². The number of nitrogens with two attached hydrogens (primary N) is 1. The summed E-state index contributed by atoms with van der Waals surface area (Å²) in [5, 5.41) is 10.4. The molecular formula is C8H12FN2O4. The molecule has 0 saturated heterocycles. The summed E-state index contributed by atoms with van der Waals surface area (Å²) in [7, 11) is 0. The van der Waals surface area contributed by atoms with Gasteiger partial charge in [0.2, 0.25) is 5.91 Å². The zero-order chi connectivity index (χ0) is 12.0. The third-order valence-corrected chi connectivity index (χ3v) is 1.56. The molecule has 0 aliphatic rings. The van der Waals surface area contributed by atoms with Gasteiger partial charge in [0.1, 0.15) is 6.04 Å². The number of rotatable bonds is 6. The van der Waals surface area contributed by atoms with Gasteiger partial charge in [0.05, 0.1) is 12.5 Å². The molecule has 0 bridgehead atoms. The molecule has 0 aliphatic carbocycles. The van der Waals surface area contributed by atoms with E-state index in [1.54, 1.807) is 0 Å². The fraction of sp³-hybridized carbons (Fsp3) is 0.500. The zero-order valence-corrected chi connectivity index (χ0v) is 8.07. The van der Waals surface area contributed by atoms with Crippen LogP contribution >= 0.6 is 0 Å². The van der Waals surface area contributed by atoms with Crippen molar-refractivity contribution in [1.82, 2.24) is 5.32 Å². The highest BCUT2D eigenvalue weighted by Gasteiger charge is 2.24. The molecule has 1 amide bonds. The molecule has 0 aromatic carbocycles. The highest BCUT2D eigenvalue weighted by molar-refractivity contribution is 5.96. The van der Waals surface area contributed by atoms with Gasteiger partial charge in [-0.25, -0.2) is 4.39 Å². The van der Waals surface area contributed by atoms with Gasteiger partial charge in [0, 0.05) is 0 Å². The summed E-state index contributed by atoms with van der Waals surface area (Å²) < 4.78 is 11.9. The van der Waals surface area contributed by atoms with E-state index in [4.69, 9.17) is 10.8 Å². The summed E-state index contributed by atoms with van der Waals surface area (Å²) in [6.07, 6.45) is -0.683. The average molecular weight is 219 g/mol. The Morgan fingerprint density at radius 2 is 2.07 bits per heavy atom. The van der Waals surface area contributed by atoms with E-state index in [0.29, 0.717) is 0 Å². The minimum absolute atomic E-state index is 0.283. The van der Waals surface area contributed by atoms with Crippen LogP contribution in [0, 0.1) is 6.67 Å². The molecule has 0 spiro atoms. The van der Waals surface area contributed by atoms with E-state index in [-0.39, 0.29) is 6.67 Å². The van der Waals surface area contributed by atoms with Crippen LogP contribution in [0.2, 0.25) is 0 Å². The molecule has 1 radical (unpaired) electrons. The number of carbonyl (C=O) groups excluding carboxylic acids is 2. The van der Waals surface area contributed by atoms with Crippen molar-refractivity contribution in [2.75, 3.05) is 0 Å². The lowest BCUT2D eigenvalue weighted by Gasteiger charge is -2.15. The molecule has 0 fully saturated rings. The van der Waals surface area contributed by atoms with Crippen LogP contribution in [0.5, 0.6) is 0 Å². The molecule has 0 aliphatic heterocycles. The first-order chi connectivity index (χ1) is 6.88. The third kappa shape index (κ3) is 5.06. The second-order valence-electron chi connectivity index (χ2n) is 2.96. The van der Waals surface area contributed by atoms with Crippen molar-refractivity contribution < 1.29 is 23.9 Å². The Hall–Kier alpha value is -1.50. The van der Waals surface area contributed by atoms with Gasteiger partial charge < -0.3 is 16.2 Å². The van der Waals surface area contributed by atoms with Crippen molar-refractivity contribution in [3.05, 3.63) is 6.67 Å². The van der Waals surface area contributed by atoms with Gasteiger partial charge in [-0.05, 0) is 6.92 Å². The molecule has 15 heavy (non-hydrogen) atoms. The standard InChI is InChI=1S/C8H12FN2O4/c1-4(10)8(15)11-5(2-7(13)14)6(12)3-9/h3-5H,2,10H2,1H3,(H,11,15)(H,13,14)/t4-,5-/m0/s1. The van der Waals surface area contributed by atoms with E-state index in [9.17, 15) is 18.8 Å². The summed E-state index contributed by atoms with van der Waals surface area (Å²) in [6.45, 7) is 1.08. The van der Waals surface area contributed by atoms with Crippen LogP contribution in [0.1, 0.15) is 13.3 Å². The molecule has 2 atom stereocenters. The Morgan fingerprint density at radius 1 is 1.53 bits per heavy atom. The number of hydrogen-bond donors (Lipinski definition) is 3. The Morgan fingerprint density at radius 3 is 2.40 bits per heavy atom. The van der Waals surface area contributed by atoms with Crippen LogP contribution in [0.15, 0.2) is 0 Å². The third-order valence-electron chi connectivity index (χ3n) is 1.56. The van der Waals surface area contributed by atoms with Crippen molar-refractivity contribution in [3.8, 4) is 0 Å². The van der Waals surface area contributed by atoms with Crippen LogP contribution in [0.25, 0.3) is 0 Å². The molecule has 6 nitrogen and oxygen atoms in total. The first kappa shape index (κ1) is 13.5. The van der Waals surface area contributed by atoms with E-state index >= 15 is 0 Å². The predicted octanol–water partition coefficient (Wildman–Crippen LogP) is -1.01. The lowest BCUT2D eigenvalue weighted by Crippen LogP contribution is -2.48. The summed E-state index contributed by atoms with van der Waals surface area (Å²) in [6, 6.07) is -2.31. The number of aliphatic carboxylic acids is 1. The predicted molar refractivity (Wildman–Crippen MR) is 48.2 cm³/mol. The second kappa shape index (κ2) is 6.07. The van der Waals surface area contributed by atoms with E-state index in [0.717, 1.165) is 0 Å². The molecule has 85 valence electrons. The first-order valence-electron chi connectivity index (χ1n) is 4.13. The fourth-order valence-electron chi connectivity index (χ4n) is 0.777. The summed E-state index contributed by atoms with van der Waals surface area (Å²) in [5.74, 6) is -3.14. The van der Waals surface area contributed by atoms with Crippen LogP contribution in [0.3, 0.4) is 0 Å². The smallest absolute Gasteiger partial charge is 0.305 e. The highest BCUT2D eigenvalue weighted by Crippen LogP contribution is 1.98. The lowest BCUT2D eigenvalue weighted by atomic mass is 10.1. The second-order valence-corrected chi connectivity index (χ2v) is 2.96. The van der Waals surface area contributed by atoms with E-state index in [1.807, 2.05) is 5.32 Å². The van der Waals surface area contributed by atoms with E-state index in [2.05, 4.69) is 0 Å². The Balaban J connectivity index is 4.44. The normalized spacial score (nSPS) is 14.1. The van der Waals surface area contributed by atoms with Crippen molar-refractivity contribution in [2.24, 2.45) is 5.73 Å². The molecular weight excluding hydrogens is 207 g/mol. The number of carboxylic acids is 1. The average Bonchev–Trinajstić information content (AvgIpc) is 2.14. The zero-order valence-electron chi connectivity index (χ0n) is 8.07. The number of Topliss-reactive ketones (excluding diaryl/α,β-unsaturated/α-hetero) is 1. The van der Waals surface area contributed by atoms with Crippen molar-refractivity contribution in [1.29, 1.82) is 0 Å². The van der Waals surface area contributed by atoms with Gasteiger partial charge in [-0.2, -0.15) is 0 Å². The number of carboxylic acid groups (broad SMARTS) is 1. The van der Waals surface area contributed by atoms with Crippen molar-refractivity contribution in [3.63, 3.8) is 0 Å². The van der Waals surface area contributed by atoms with Crippen LogP contribution in [-0.2, 0) is 14.4 Å². The van der Waals surface area contributed by atoms with Gasteiger partial charge in [0.15, 0.2) is 12.5 Å². The highest BCUT2D eigenvalue weighted by atomic mass is 19.1. The number of halogens is 1. The van der Waals surface area contributed by atoms with Gasteiger partial charge in [-0.1, -0.05) is 0 Å². The number of carbonyl (C=O) groups is 3. The van der Waals surface area contributed by atoms with Crippen LogP contribution < -0.4 is 11.1 Å². The molecule has 0 aromatic heterocycles. The van der Waals surface area contributed by atoms with Gasteiger partial charge in [-0.15, -0.1) is 0 Å². The number of nitrogens with one attached hydrogen (secondary N) is 1. The molecule has 0 aromatic rings. The van der Waals surface area contributed by atoms with Gasteiger partial charge in [0.25, 0.3) is 0 Å². The Kier molecular flexibility index (Phi) is 5.46. The minimum atomic E-state index is -1.41. The van der Waals surface area contributed by atoms with Gasteiger partial charge in [-0.3, -0.25) is 14.4 Å². The summed E-state index contributed by atoms with van der Waals surface area (Å²) in [5.41, 5.74) is 5.18. The molecule has 0 rings (SSSR count). The van der Waals surface area contributed by atoms with Crippen LogP contribution in [0.4, 0.5) is 4.39 Å². The maximum Gasteiger partial charge on any atom is 0.305 e. The SMILES string of the molecule is C[C@H](N)C(=O)N[C@@H](CC(=O)O)C(=O)[CH]F. The molecule has 0 heterocycles. The number of hydrogen-bond acceptors (Lipinski definition) is 4. The quantitative estimate of drug-likeness (QED) is 0.530. The topological polar surface area (TPSA) is 109 Å². The number of amides is 1. The maximum atomic E-state index is 11.9. The van der Waals surface area contributed by atoms with Gasteiger partial charge >= 0.3 is 5.97 Å². The Labute approximate surface area is 85.6 Å². The lowest BCUT2D eigenvalue weighted by molar-refractivity contribution is -0.140. The molecule has 0 saturated carbocycles. The fourth-order valence-corrected chi connectivity index (χ4v) is 0.777. The first-order valence-corrected chi connectivity index (χ1v) is 4.13. The van der Waals surface area contributed by atoms with Crippen LogP contribution in [-0.4, -0.2) is 34.8 Å². The van der Waals surface area contributed by atoms with E-state index < -0.39 is 36.2 Å². The largest absolute Gasteiger partial charge is 0.481 e. The summed E-state index contributed by atoms with van der Waals surface area (Å²) >= 11 is 0. The molecule has 7 heteroatoms. The van der Waals surface area contributed by atoms with Crippen molar-refractivity contribution >= 4 is 17.7 Å². The summed E-state index contributed by atoms with van der Waals surface area (Å²) in [4.78, 5) is 32.2. The number of ketones is 1. The minimum Gasteiger partial charge on any atom is -0.481 e. The maximum absolute atomic E-state index is 11.9. The monoisotopic (exact) mass is 219 g/mol.